The lowest BCUT2D eigenvalue weighted by Gasteiger charge is -2.41. The number of rotatable bonds is 4. The normalized spacial score (nSPS) is 35.4. The van der Waals surface area contributed by atoms with E-state index in [-0.39, 0.29) is 16.7 Å². The Kier molecular flexibility index (Phi) is 9.17. The summed E-state index contributed by atoms with van der Waals surface area (Å²) >= 11 is 0. The van der Waals surface area contributed by atoms with Crippen LogP contribution in [-0.2, 0) is 32.1 Å². The van der Waals surface area contributed by atoms with Crippen molar-refractivity contribution >= 4 is 57.8 Å². The van der Waals surface area contributed by atoms with Crippen molar-refractivity contribution in [3.63, 3.8) is 0 Å². The van der Waals surface area contributed by atoms with E-state index in [4.69, 9.17) is 34.4 Å². The van der Waals surface area contributed by atoms with Crippen molar-refractivity contribution in [3.8, 4) is 0 Å². The number of nitrogens with two attached hydrogens (primary N) is 2. The van der Waals surface area contributed by atoms with Crippen LogP contribution in [-0.4, -0.2) is 101 Å². The molecule has 4 aromatic rings. The zero-order valence-corrected chi connectivity index (χ0v) is 31.5. The van der Waals surface area contributed by atoms with Gasteiger partial charge >= 0.3 is 15.5 Å². The Labute approximate surface area is 293 Å². The van der Waals surface area contributed by atoms with Crippen LogP contribution in [0.1, 0.15) is 40.2 Å². The van der Waals surface area contributed by atoms with Crippen molar-refractivity contribution < 1.29 is 41.9 Å². The first-order chi connectivity index (χ1) is 23.9. The molecule has 7 rings (SSSR count). The lowest BCUT2D eigenvalue weighted by atomic mass is 10.00. The first-order valence-electron chi connectivity index (χ1n) is 16.2. The van der Waals surface area contributed by atoms with E-state index >= 15 is 0 Å². The Hall–Kier alpha value is -2.98. The predicted molar refractivity (Wildman–Crippen MR) is 184 cm³/mol. The molecule has 278 valence electrons. The minimum atomic E-state index is -4.65. The van der Waals surface area contributed by atoms with Gasteiger partial charge in [0.2, 0.25) is 0 Å². The Morgan fingerprint density at radius 1 is 0.824 bits per heavy atom. The SMILES string of the molecule is C[C@@H]1[C@@H]2NP(=O)(O)OC[C@H]3O[C@@H](n4cnc5c(N)ncnc54)[C@H](O[Si](C)(C)C(C)(C)C)[C@@H]3NP(=O)(O)OC[C@H]2O[C@H]1n1cnc2c(N)ncnc21. The third-order valence-electron chi connectivity index (χ3n) is 10.1. The summed E-state index contributed by atoms with van der Waals surface area (Å²) in [6.07, 6.45) is 0.655. The van der Waals surface area contributed by atoms with Crippen molar-refractivity contribution in [3.05, 3.63) is 25.3 Å². The van der Waals surface area contributed by atoms with Crippen LogP contribution in [0, 0.1) is 5.92 Å². The van der Waals surface area contributed by atoms with E-state index in [1.54, 1.807) is 16.1 Å². The number of nitrogens with zero attached hydrogens (tertiary/aromatic N) is 8. The van der Waals surface area contributed by atoms with E-state index in [0.29, 0.717) is 22.3 Å². The summed E-state index contributed by atoms with van der Waals surface area (Å²) in [4.78, 5) is 47.8. The molecule has 3 fully saturated rings. The molecule has 24 heteroatoms. The van der Waals surface area contributed by atoms with Gasteiger partial charge in [0.05, 0.1) is 38.0 Å². The number of aromatic nitrogens is 8. The molecular weight excluding hydrogens is 726 g/mol. The van der Waals surface area contributed by atoms with Gasteiger partial charge in [0, 0.05) is 5.92 Å². The van der Waals surface area contributed by atoms with Crippen LogP contribution in [0.2, 0.25) is 18.1 Å². The third-order valence-corrected chi connectivity index (χ3v) is 16.8. The zero-order valence-electron chi connectivity index (χ0n) is 28.7. The first kappa shape index (κ1) is 36.4. The number of anilines is 2. The Morgan fingerprint density at radius 2 is 1.29 bits per heavy atom. The maximum absolute atomic E-state index is 13.9. The van der Waals surface area contributed by atoms with Crippen LogP contribution in [0.4, 0.5) is 11.6 Å². The van der Waals surface area contributed by atoms with E-state index in [1.165, 1.54) is 25.3 Å². The predicted octanol–water partition coefficient (Wildman–Crippen LogP) is 1.82. The smallest absolute Gasteiger partial charge is 0.403 e. The summed E-state index contributed by atoms with van der Waals surface area (Å²) in [5.41, 5.74) is 13.4. The molecule has 8 N–H and O–H groups in total. The number of nitrogen functional groups attached to an aromatic ring is 2. The van der Waals surface area contributed by atoms with Gasteiger partial charge < -0.3 is 35.2 Å². The van der Waals surface area contributed by atoms with Gasteiger partial charge in [-0.25, -0.2) is 49.2 Å². The van der Waals surface area contributed by atoms with Crippen molar-refractivity contribution in [1.29, 1.82) is 0 Å². The average Bonchev–Trinajstić information content (AvgIpc) is 3.80. The largest absolute Gasteiger partial charge is 0.408 e. The van der Waals surface area contributed by atoms with Gasteiger partial charge in [-0.1, -0.05) is 27.7 Å². The number of hydrogen-bond acceptors (Lipinski definition) is 15. The second kappa shape index (κ2) is 12.9. The molecule has 3 aliphatic rings. The van der Waals surface area contributed by atoms with Crippen LogP contribution < -0.4 is 21.6 Å². The number of imidazole rings is 2. The maximum Gasteiger partial charge on any atom is 0.403 e. The lowest BCUT2D eigenvalue weighted by molar-refractivity contribution is -0.0450. The van der Waals surface area contributed by atoms with Crippen molar-refractivity contribution in [2.45, 2.75) is 88.7 Å². The molecule has 4 aromatic heterocycles. The van der Waals surface area contributed by atoms with Gasteiger partial charge in [-0.3, -0.25) is 18.2 Å². The zero-order chi connectivity index (χ0) is 36.7. The second-order valence-corrected chi connectivity index (χ2v) is 22.3. The molecule has 0 amide bonds. The molecule has 2 unspecified atom stereocenters. The van der Waals surface area contributed by atoms with Gasteiger partial charge in [0.1, 0.15) is 48.2 Å². The summed E-state index contributed by atoms with van der Waals surface area (Å²) in [6.45, 7) is 11.0. The van der Waals surface area contributed by atoms with E-state index in [1.807, 2.05) is 33.9 Å². The minimum Gasteiger partial charge on any atom is -0.408 e. The molecular formula is C27H42N12O9P2Si. The fourth-order valence-corrected chi connectivity index (χ4v) is 9.99. The second-order valence-electron chi connectivity index (χ2n) is 14.4. The quantitative estimate of drug-likeness (QED) is 0.127. The van der Waals surface area contributed by atoms with E-state index in [0.717, 1.165) is 0 Å². The summed E-state index contributed by atoms with van der Waals surface area (Å²) in [7, 11) is -11.9. The van der Waals surface area contributed by atoms with Crippen LogP contribution in [0.5, 0.6) is 0 Å². The molecule has 0 aliphatic carbocycles. The van der Waals surface area contributed by atoms with Crippen LogP contribution in [0.25, 0.3) is 22.3 Å². The fourth-order valence-electron chi connectivity index (χ4n) is 6.38. The van der Waals surface area contributed by atoms with Gasteiger partial charge in [-0.05, 0) is 18.1 Å². The molecule has 7 heterocycles. The highest BCUT2D eigenvalue weighted by Crippen LogP contribution is 2.50. The van der Waals surface area contributed by atoms with Gasteiger partial charge in [0.25, 0.3) is 0 Å². The molecule has 3 saturated heterocycles. The van der Waals surface area contributed by atoms with Crippen molar-refractivity contribution in [2.24, 2.45) is 5.92 Å². The molecule has 3 aliphatic heterocycles. The van der Waals surface area contributed by atoms with E-state index in [2.05, 4.69) is 40.1 Å². The van der Waals surface area contributed by atoms with E-state index in [9.17, 15) is 18.9 Å². The highest BCUT2D eigenvalue weighted by atomic mass is 31.2. The van der Waals surface area contributed by atoms with Crippen LogP contribution >= 0.6 is 15.5 Å². The molecule has 0 saturated carbocycles. The van der Waals surface area contributed by atoms with Crippen molar-refractivity contribution in [1.82, 2.24) is 49.2 Å². The summed E-state index contributed by atoms with van der Waals surface area (Å²) in [5.74, 6) is -0.214. The number of nitrogens with one attached hydrogen (secondary N) is 2. The van der Waals surface area contributed by atoms with E-state index < -0.39 is 85.8 Å². The minimum absolute atomic E-state index is 0.148. The monoisotopic (exact) mass is 768 g/mol. The number of fused-ring (bicyclic) bond motifs is 4. The molecule has 0 spiro atoms. The number of ether oxygens (including phenoxy) is 2. The summed E-state index contributed by atoms with van der Waals surface area (Å²) in [6, 6.07) is -1.99. The van der Waals surface area contributed by atoms with Gasteiger partial charge in [-0.15, -0.1) is 0 Å². The summed E-state index contributed by atoms with van der Waals surface area (Å²) in [5, 5.41) is 5.14. The lowest BCUT2D eigenvalue weighted by Crippen LogP contribution is -2.53. The Morgan fingerprint density at radius 3 is 1.82 bits per heavy atom. The summed E-state index contributed by atoms with van der Waals surface area (Å²) < 4.78 is 61.8. The molecule has 0 bridgehead atoms. The highest BCUT2D eigenvalue weighted by molar-refractivity contribution is 7.50. The Bertz CT molecular complexity index is 2040. The Balaban J connectivity index is 1.23. The van der Waals surface area contributed by atoms with Gasteiger partial charge in [0.15, 0.2) is 37.5 Å². The number of hydrogen-bond donors (Lipinski definition) is 6. The first-order valence-corrected chi connectivity index (χ1v) is 22.3. The van der Waals surface area contributed by atoms with Crippen LogP contribution in [0.15, 0.2) is 25.3 Å². The fraction of sp³-hybridized carbons (Fsp3) is 0.630. The topological polar surface area (TPSA) is 284 Å². The van der Waals surface area contributed by atoms with Crippen molar-refractivity contribution in [2.75, 3.05) is 24.7 Å². The average molecular weight is 769 g/mol. The molecule has 0 radical (unpaired) electrons. The standard InChI is InChI=1S/C27H42N12O9P2Si/c1-13-16-14(46-25(13)38-11-34-18-21(28)30-9-32-23(18)38)7-44-50(42,43)37-17-15(8-45-49(40,41)36-16)47-26(20(17)48-51(5,6)27(2,3)4)39-12-35-19-22(29)31-10-33-24(19)39/h9-17,20,25-26H,7-8H2,1-6H3,(H2,28,30,32)(H2,29,31,33)(H2,36,40,41)(H2,37,42,43)/t13-,14-,15-,16+,17-,20-,25-,26-/m1/s1. The molecule has 10 atom stereocenters. The highest BCUT2D eigenvalue weighted by Gasteiger charge is 2.55. The van der Waals surface area contributed by atoms with Gasteiger partial charge in [-0.2, -0.15) is 0 Å². The molecule has 21 nitrogen and oxygen atoms in total. The third kappa shape index (κ3) is 6.73. The molecule has 51 heavy (non-hydrogen) atoms. The molecule has 0 aromatic carbocycles. The maximum atomic E-state index is 13.9. The van der Waals surface area contributed by atoms with Crippen LogP contribution in [0.3, 0.4) is 0 Å².